The molecule has 0 aromatic heterocycles. The van der Waals surface area contributed by atoms with Crippen LogP contribution in [0.4, 0.5) is 0 Å². The van der Waals surface area contributed by atoms with Gasteiger partial charge in [-0.15, -0.1) is 0 Å². The summed E-state index contributed by atoms with van der Waals surface area (Å²) in [5.74, 6) is 0. The molecule has 1 heterocycles. The quantitative estimate of drug-likeness (QED) is 0.152. The molecule has 0 bridgehead atoms. The molecule has 0 unspecified atom stereocenters. The van der Waals surface area contributed by atoms with Crippen molar-refractivity contribution in [1.82, 2.24) is 0 Å². The van der Waals surface area contributed by atoms with Crippen LogP contribution >= 0.6 is 0 Å². The van der Waals surface area contributed by atoms with E-state index >= 15 is 0 Å². The summed E-state index contributed by atoms with van der Waals surface area (Å²) in [6, 6.07) is 30.7. The van der Waals surface area contributed by atoms with E-state index in [2.05, 4.69) is 43.3 Å². The normalized spacial score (nSPS) is 20.9. The van der Waals surface area contributed by atoms with Crippen LogP contribution in [-0.2, 0) is 43.5 Å². The van der Waals surface area contributed by atoms with Crippen LogP contribution in [0.15, 0.2) is 91.0 Å². The topological polar surface area (TPSA) is 46.2 Å². The van der Waals surface area contributed by atoms with Crippen molar-refractivity contribution in [3.63, 3.8) is 0 Å². The molecule has 0 radical (unpaired) electrons. The van der Waals surface area contributed by atoms with Crippen LogP contribution in [0.2, 0.25) is 0 Å². The van der Waals surface area contributed by atoms with E-state index in [0.717, 1.165) is 23.1 Å². The Morgan fingerprint density at radius 3 is 1.80 bits per heavy atom. The highest BCUT2D eigenvalue weighted by molar-refractivity contribution is 5.15. The molecule has 5 nitrogen and oxygen atoms in total. The lowest BCUT2D eigenvalue weighted by molar-refractivity contribution is -0.278. The average Bonchev–Trinajstić information content (AvgIpc) is 3.00. The fourth-order valence-electron chi connectivity index (χ4n) is 5.02. The molecule has 1 saturated heterocycles. The minimum Gasteiger partial charge on any atom is -0.374 e. The van der Waals surface area contributed by atoms with Gasteiger partial charge in [0.05, 0.1) is 32.5 Å². The zero-order valence-corrected chi connectivity index (χ0v) is 24.0. The Hall–Kier alpha value is -2.54. The largest absolute Gasteiger partial charge is 0.374 e. The molecule has 1 fully saturated rings. The molecule has 1 aliphatic heterocycles. The van der Waals surface area contributed by atoms with Crippen LogP contribution in [0.25, 0.3) is 0 Å². The van der Waals surface area contributed by atoms with E-state index in [1.165, 1.54) is 32.1 Å². The molecular formula is C35H46O5. The van der Waals surface area contributed by atoms with Gasteiger partial charge in [-0.05, 0) is 23.1 Å². The highest BCUT2D eigenvalue weighted by Gasteiger charge is 2.41. The number of rotatable bonds is 18. The van der Waals surface area contributed by atoms with Gasteiger partial charge in [-0.2, -0.15) is 0 Å². The average molecular weight is 547 g/mol. The number of hydrogen-bond donors (Lipinski definition) is 0. The van der Waals surface area contributed by atoms with Crippen molar-refractivity contribution in [2.75, 3.05) is 13.2 Å². The molecule has 0 saturated carbocycles. The first-order valence-electron chi connectivity index (χ1n) is 15.0. The lowest BCUT2D eigenvalue weighted by atomic mass is 10.0. The highest BCUT2D eigenvalue weighted by atomic mass is 16.7. The Kier molecular flexibility index (Phi) is 13.7. The summed E-state index contributed by atoms with van der Waals surface area (Å²) in [6.45, 7) is 4.85. The Morgan fingerprint density at radius 2 is 1.18 bits per heavy atom. The van der Waals surface area contributed by atoms with Crippen molar-refractivity contribution in [2.24, 2.45) is 0 Å². The van der Waals surface area contributed by atoms with Gasteiger partial charge < -0.3 is 23.7 Å². The van der Waals surface area contributed by atoms with Crippen molar-refractivity contribution in [3.05, 3.63) is 108 Å². The van der Waals surface area contributed by atoms with E-state index < -0.39 is 0 Å². The smallest absolute Gasteiger partial charge is 0.160 e. The van der Waals surface area contributed by atoms with Gasteiger partial charge >= 0.3 is 0 Å². The third-order valence-electron chi connectivity index (χ3n) is 7.27. The fraction of sp³-hybridized carbons (Fsp3) is 0.486. The highest BCUT2D eigenvalue weighted by Crippen LogP contribution is 2.29. The van der Waals surface area contributed by atoms with Crippen molar-refractivity contribution < 1.29 is 23.7 Å². The zero-order chi connectivity index (χ0) is 27.7. The lowest BCUT2D eigenvalue weighted by Gasteiger charge is -2.41. The molecule has 0 amide bonds. The Morgan fingerprint density at radius 1 is 0.625 bits per heavy atom. The zero-order valence-electron chi connectivity index (χ0n) is 24.0. The molecule has 3 aromatic carbocycles. The summed E-state index contributed by atoms with van der Waals surface area (Å²) in [5, 5.41) is 0. The lowest BCUT2D eigenvalue weighted by Crippen LogP contribution is -2.53. The van der Waals surface area contributed by atoms with Crippen LogP contribution in [0.5, 0.6) is 0 Å². The molecule has 0 spiro atoms. The molecule has 4 rings (SSSR count). The summed E-state index contributed by atoms with van der Waals surface area (Å²) in [5.41, 5.74) is 3.39. The molecule has 1 aliphatic rings. The number of unbranched alkanes of at least 4 members (excludes halogenated alkanes) is 5. The van der Waals surface area contributed by atoms with E-state index in [-0.39, 0.29) is 24.6 Å². The van der Waals surface area contributed by atoms with Crippen molar-refractivity contribution in [2.45, 2.75) is 96.3 Å². The second-order valence-corrected chi connectivity index (χ2v) is 10.6. The summed E-state index contributed by atoms with van der Waals surface area (Å²) in [7, 11) is 0. The molecular weight excluding hydrogens is 500 g/mol. The van der Waals surface area contributed by atoms with Crippen molar-refractivity contribution >= 4 is 0 Å². The van der Waals surface area contributed by atoms with Crippen LogP contribution in [0, 0.1) is 0 Å². The maximum atomic E-state index is 6.53. The predicted octanol–water partition coefficient (Wildman–Crippen LogP) is 7.87. The van der Waals surface area contributed by atoms with Crippen LogP contribution in [-0.4, -0.2) is 37.8 Å². The first-order chi connectivity index (χ1) is 19.8. The van der Waals surface area contributed by atoms with Gasteiger partial charge in [-0.25, -0.2) is 0 Å². The molecule has 5 heteroatoms. The molecule has 40 heavy (non-hydrogen) atoms. The molecule has 0 aliphatic carbocycles. The van der Waals surface area contributed by atoms with Gasteiger partial charge in [0.1, 0.15) is 12.2 Å². The summed E-state index contributed by atoms with van der Waals surface area (Å²) in [6.07, 6.45) is 6.86. The van der Waals surface area contributed by atoms with Gasteiger partial charge in [0.15, 0.2) is 6.29 Å². The van der Waals surface area contributed by atoms with E-state index in [1.807, 2.05) is 54.6 Å². The second-order valence-electron chi connectivity index (χ2n) is 10.6. The standard InChI is InChI=1S/C35H46O5/c1-2-3-4-5-6-16-23-37-34-24-32(38-26-30-19-12-8-13-20-30)35(39-27-31-21-14-9-15-22-31)33(40-34)28-36-25-29-17-10-7-11-18-29/h7-15,17-22,32-35H,2-6,16,23-28H2,1H3/t32-,33-,34-,35+/m1/s1. The predicted molar refractivity (Wildman–Crippen MR) is 159 cm³/mol. The molecule has 3 aromatic rings. The first-order valence-corrected chi connectivity index (χ1v) is 15.0. The maximum absolute atomic E-state index is 6.53. The van der Waals surface area contributed by atoms with E-state index in [9.17, 15) is 0 Å². The van der Waals surface area contributed by atoms with E-state index in [4.69, 9.17) is 23.7 Å². The fourth-order valence-corrected chi connectivity index (χ4v) is 5.02. The van der Waals surface area contributed by atoms with Gasteiger partial charge in [-0.1, -0.05) is 130 Å². The minimum absolute atomic E-state index is 0.183. The monoisotopic (exact) mass is 546 g/mol. The van der Waals surface area contributed by atoms with E-state index in [0.29, 0.717) is 39.5 Å². The summed E-state index contributed by atoms with van der Waals surface area (Å²) >= 11 is 0. The minimum atomic E-state index is -0.349. The summed E-state index contributed by atoms with van der Waals surface area (Å²) in [4.78, 5) is 0. The van der Waals surface area contributed by atoms with Gasteiger partial charge in [-0.3, -0.25) is 0 Å². The maximum Gasteiger partial charge on any atom is 0.160 e. The third kappa shape index (κ3) is 10.8. The Labute approximate surface area is 240 Å². The Bertz CT molecular complexity index is 1030. The molecule has 216 valence electrons. The van der Waals surface area contributed by atoms with Crippen LogP contribution < -0.4 is 0 Å². The second kappa shape index (κ2) is 18.0. The number of hydrogen-bond acceptors (Lipinski definition) is 5. The van der Waals surface area contributed by atoms with E-state index in [1.54, 1.807) is 0 Å². The SMILES string of the molecule is CCCCCCCCO[C@H]1C[C@@H](OCc2ccccc2)[C@H](OCc2ccccc2)[C@@H](COCc2ccccc2)O1. The third-order valence-corrected chi connectivity index (χ3v) is 7.27. The number of benzene rings is 3. The van der Waals surface area contributed by atoms with Gasteiger partial charge in [0.25, 0.3) is 0 Å². The first kappa shape index (κ1) is 30.4. The van der Waals surface area contributed by atoms with Crippen LogP contribution in [0.1, 0.15) is 68.6 Å². The van der Waals surface area contributed by atoms with Gasteiger partial charge in [0, 0.05) is 13.0 Å². The van der Waals surface area contributed by atoms with Crippen molar-refractivity contribution in [3.8, 4) is 0 Å². The van der Waals surface area contributed by atoms with Crippen molar-refractivity contribution in [1.29, 1.82) is 0 Å². The number of ether oxygens (including phenoxy) is 5. The summed E-state index contributed by atoms with van der Waals surface area (Å²) < 4.78 is 32.0. The van der Waals surface area contributed by atoms with Crippen LogP contribution in [0.3, 0.4) is 0 Å². The molecule has 4 atom stereocenters. The molecule has 0 N–H and O–H groups in total. The Balaban J connectivity index is 1.41. The van der Waals surface area contributed by atoms with Gasteiger partial charge in [0.2, 0.25) is 0 Å².